The Morgan fingerprint density at radius 3 is 2.64 bits per heavy atom. The zero-order chi connectivity index (χ0) is 16.1. The number of thioether (sulfide) groups is 1. The van der Waals surface area contributed by atoms with Crippen LogP contribution >= 0.6 is 39.0 Å². The minimum Gasteiger partial charge on any atom is -0.496 e. The predicted octanol–water partition coefficient (Wildman–Crippen LogP) is 4.28. The maximum Gasteiger partial charge on any atom is 0.342 e. The van der Waals surface area contributed by atoms with Gasteiger partial charge in [0, 0.05) is 4.90 Å². The van der Waals surface area contributed by atoms with Crippen LogP contribution in [0.2, 0.25) is 0 Å². The summed E-state index contributed by atoms with van der Waals surface area (Å²) in [6, 6.07) is 8.68. The van der Waals surface area contributed by atoms with E-state index in [-0.39, 0.29) is 12.4 Å². The van der Waals surface area contributed by atoms with E-state index >= 15 is 0 Å². The normalized spacial score (nSPS) is 10.3. The van der Waals surface area contributed by atoms with Gasteiger partial charge in [-0.3, -0.25) is 4.79 Å². The molecule has 7 heteroatoms. The first-order valence-electron chi connectivity index (χ1n) is 6.23. The third-order valence-corrected chi connectivity index (χ3v) is 5.20. The SMILES string of the molecule is COc1cc(SC)ccc1C(=O)OCC(=O)c1ccc(Br)s1. The molecule has 0 unspecified atom stereocenters. The topological polar surface area (TPSA) is 52.6 Å². The lowest BCUT2D eigenvalue weighted by atomic mass is 10.2. The molecule has 0 saturated heterocycles. The van der Waals surface area contributed by atoms with Crippen LogP contribution in [0.3, 0.4) is 0 Å². The average molecular weight is 401 g/mol. The van der Waals surface area contributed by atoms with Crippen LogP contribution in [0.1, 0.15) is 20.0 Å². The van der Waals surface area contributed by atoms with Crippen molar-refractivity contribution < 1.29 is 19.1 Å². The number of rotatable bonds is 6. The average Bonchev–Trinajstić information content (AvgIpc) is 2.98. The highest BCUT2D eigenvalue weighted by Gasteiger charge is 2.17. The second kappa shape index (κ2) is 7.80. The third-order valence-electron chi connectivity index (χ3n) is 2.81. The van der Waals surface area contributed by atoms with Gasteiger partial charge in [0.2, 0.25) is 5.78 Å². The van der Waals surface area contributed by atoms with Crippen LogP contribution in [0, 0.1) is 0 Å². The Balaban J connectivity index is 2.04. The molecule has 0 radical (unpaired) electrons. The van der Waals surface area contributed by atoms with E-state index < -0.39 is 5.97 Å². The summed E-state index contributed by atoms with van der Waals surface area (Å²) >= 11 is 6.14. The van der Waals surface area contributed by atoms with E-state index in [0.717, 1.165) is 8.68 Å². The van der Waals surface area contributed by atoms with Gasteiger partial charge in [0.25, 0.3) is 0 Å². The fourth-order valence-electron chi connectivity index (χ4n) is 1.71. The maximum atomic E-state index is 12.1. The van der Waals surface area contributed by atoms with Crippen LogP contribution < -0.4 is 4.74 Å². The summed E-state index contributed by atoms with van der Waals surface area (Å²) in [5, 5.41) is 0. The molecule has 1 aromatic heterocycles. The van der Waals surface area contributed by atoms with E-state index in [2.05, 4.69) is 15.9 Å². The number of carbonyl (C=O) groups is 2. The second-order valence-electron chi connectivity index (χ2n) is 4.17. The Hall–Kier alpha value is -1.31. The van der Waals surface area contributed by atoms with E-state index in [9.17, 15) is 9.59 Å². The number of benzene rings is 1. The molecule has 0 saturated carbocycles. The van der Waals surface area contributed by atoms with Crippen molar-refractivity contribution in [2.75, 3.05) is 20.0 Å². The van der Waals surface area contributed by atoms with Crippen molar-refractivity contribution in [1.29, 1.82) is 0 Å². The first kappa shape index (κ1) is 17.1. The predicted molar refractivity (Wildman–Crippen MR) is 91.4 cm³/mol. The van der Waals surface area contributed by atoms with Gasteiger partial charge >= 0.3 is 5.97 Å². The number of Topliss-reactive ketones (excluding diaryl/α,β-unsaturated/α-hetero) is 1. The van der Waals surface area contributed by atoms with Crippen LogP contribution in [0.5, 0.6) is 5.75 Å². The van der Waals surface area contributed by atoms with E-state index in [0.29, 0.717) is 16.2 Å². The number of halogens is 1. The van der Waals surface area contributed by atoms with E-state index in [1.54, 1.807) is 36.0 Å². The summed E-state index contributed by atoms with van der Waals surface area (Å²) < 4.78 is 11.1. The summed E-state index contributed by atoms with van der Waals surface area (Å²) in [7, 11) is 1.49. The third kappa shape index (κ3) is 4.12. The molecule has 0 bridgehead atoms. The van der Waals surface area contributed by atoms with Gasteiger partial charge in [-0.05, 0) is 52.5 Å². The molecule has 2 aromatic rings. The Kier molecular flexibility index (Phi) is 6.05. The molecule has 0 aliphatic carbocycles. The van der Waals surface area contributed by atoms with Crippen molar-refractivity contribution >= 4 is 50.8 Å². The zero-order valence-electron chi connectivity index (χ0n) is 11.9. The van der Waals surface area contributed by atoms with Gasteiger partial charge in [0.1, 0.15) is 11.3 Å². The van der Waals surface area contributed by atoms with Gasteiger partial charge in [-0.1, -0.05) is 0 Å². The number of carbonyl (C=O) groups excluding carboxylic acids is 2. The van der Waals surface area contributed by atoms with Gasteiger partial charge in [0.15, 0.2) is 6.61 Å². The van der Waals surface area contributed by atoms with Gasteiger partial charge in [0.05, 0.1) is 15.8 Å². The molecule has 0 aliphatic heterocycles. The molecule has 0 spiro atoms. The number of hydrogen-bond donors (Lipinski definition) is 0. The molecule has 0 N–H and O–H groups in total. The molecular weight excluding hydrogens is 388 g/mol. The molecule has 0 aliphatic rings. The number of esters is 1. The van der Waals surface area contributed by atoms with Gasteiger partial charge in [-0.15, -0.1) is 23.1 Å². The fraction of sp³-hybridized carbons (Fsp3) is 0.200. The highest BCUT2D eigenvalue weighted by atomic mass is 79.9. The van der Waals surface area contributed by atoms with Gasteiger partial charge in [-0.25, -0.2) is 4.79 Å². The minimum absolute atomic E-state index is 0.233. The Morgan fingerprint density at radius 2 is 2.05 bits per heavy atom. The molecule has 1 heterocycles. The summed E-state index contributed by atoms with van der Waals surface area (Å²) in [5.74, 6) is -0.375. The molecule has 0 fully saturated rings. The van der Waals surface area contributed by atoms with Gasteiger partial charge < -0.3 is 9.47 Å². The number of thiophene rings is 1. The Bertz CT molecular complexity index is 697. The maximum absolute atomic E-state index is 12.1. The van der Waals surface area contributed by atoms with E-state index in [4.69, 9.17) is 9.47 Å². The zero-order valence-corrected chi connectivity index (χ0v) is 15.1. The van der Waals surface area contributed by atoms with E-state index in [1.807, 2.05) is 12.3 Å². The highest BCUT2D eigenvalue weighted by molar-refractivity contribution is 9.11. The molecule has 22 heavy (non-hydrogen) atoms. The lowest BCUT2D eigenvalue weighted by molar-refractivity contribution is 0.0472. The van der Waals surface area contributed by atoms with Crippen molar-refractivity contribution in [2.45, 2.75) is 4.90 Å². The van der Waals surface area contributed by atoms with Crippen LogP contribution in [-0.4, -0.2) is 31.7 Å². The summed E-state index contributed by atoms with van der Waals surface area (Å²) in [6.45, 7) is -0.292. The van der Waals surface area contributed by atoms with Crippen molar-refractivity contribution in [3.8, 4) is 5.75 Å². The smallest absolute Gasteiger partial charge is 0.342 e. The molecule has 0 atom stereocenters. The van der Waals surface area contributed by atoms with Crippen LogP contribution in [-0.2, 0) is 4.74 Å². The van der Waals surface area contributed by atoms with Gasteiger partial charge in [-0.2, -0.15) is 0 Å². The lowest BCUT2D eigenvalue weighted by Crippen LogP contribution is -2.14. The molecule has 2 rings (SSSR count). The number of methoxy groups -OCH3 is 1. The highest BCUT2D eigenvalue weighted by Crippen LogP contribution is 2.26. The molecule has 4 nitrogen and oxygen atoms in total. The second-order valence-corrected chi connectivity index (χ2v) is 7.51. The first-order chi connectivity index (χ1) is 10.5. The molecular formula is C15H13BrO4S2. The quantitative estimate of drug-likeness (QED) is 0.411. The number of ketones is 1. The van der Waals surface area contributed by atoms with Crippen LogP contribution in [0.15, 0.2) is 39.0 Å². The van der Waals surface area contributed by atoms with Crippen molar-refractivity contribution in [3.63, 3.8) is 0 Å². The number of hydrogen-bond acceptors (Lipinski definition) is 6. The fourth-order valence-corrected chi connectivity index (χ4v) is 3.45. The lowest BCUT2D eigenvalue weighted by Gasteiger charge is -2.09. The summed E-state index contributed by atoms with van der Waals surface area (Å²) in [4.78, 5) is 25.5. The largest absolute Gasteiger partial charge is 0.496 e. The van der Waals surface area contributed by atoms with Crippen molar-refractivity contribution in [2.24, 2.45) is 0 Å². The molecule has 0 amide bonds. The Morgan fingerprint density at radius 1 is 1.27 bits per heavy atom. The Labute approximate surface area is 144 Å². The standard InChI is InChI=1S/C15H13BrO4S2/c1-19-12-7-9(21-2)3-4-10(12)15(18)20-8-11(17)13-5-6-14(16)22-13/h3-7H,8H2,1-2H3. The van der Waals surface area contributed by atoms with Crippen molar-refractivity contribution in [1.82, 2.24) is 0 Å². The molecule has 1 aromatic carbocycles. The summed E-state index contributed by atoms with van der Waals surface area (Å²) in [5.41, 5.74) is 0.306. The first-order valence-corrected chi connectivity index (χ1v) is 9.06. The van der Waals surface area contributed by atoms with Crippen LogP contribution in [0.25, 0.3) is 0 Å². The van der Waals surface area contributed by atoms with Crippen LogP contribution in [0.4, 0.5) is 0 Å². The summed E-state index contributed by atoms with van der Waals surface area (Å²) in [6.07, 6.45) is 1.94. The monoisotopic (exact) mass is 400 g/mol. The minimum atomic E-state index is -0.575. The van der Waals surface area contributed by atoms with E-state index in [1.165, 1.54) is 18.4 Å². The van der Waals surface area contributed by atoms with Crippen molar-refractivity contribution in [3.05, 3.63) is 44.6 Å². The number of ether oxygens (including phenoxy) is 2. The molecule has 116 valence electrons.